The lowest BCUT2D eigenvalue weighted by Gasteiger charge is -2.29. The number of methoxy groups -OCH3 is 1. The van der Waals surface area contributed by atoms with Crippen molar-refractivity contribution >= 4 is 17.7 Å². The van der Waals surface area contributed by atoms with E-state index in [1.165, 1.54) is 22.6 Å². The summed E-state index contributed by atoms with van der Waals surface area (Å²) in [7, 11) is 3.23. The zero-order valence-corrected chi connectivity index (χ0v) is 24.8. The van der Waals surface area contributed by atoms with Gasteiger partial charge in [-0.15, -0.1) is 0 Å². The number of carbonyl (C=O) groups is 3. The van der Waals surface area contributed by atoms with Gasteiger partial charge in [-0.1, -0.05) is 68.3 Å². The van der Waals surface area contributed by atoms with Crippen LogP contribution in [0.2, 0.25) is 0 Å². The summed E-state index contributed by atoms with van der Waals surface area (Å²) in [4.78, 5) is 38.5. The van der Waals surface area contributed by atoms with Crippen LogP contribution in [-0.2, 0) is 25.5 Å². The van der Waals surface area contributed by atoms with Gasteiger partial charge < -0.3 is 25.6 Å². The van der Waals surface area contributed by atoms with Crippen LogP contribution >= 0.6 is 0 Å². The summed E-state index contributed by atoms with van der Waals surface area (Å²) in [6.45, 7) is 8.76. The average molecular weight is 559 g/mol. The summed E-state index contributed by atoms with van der Waals surface area (Å²) in [6.07, 6.45) is 2.52. The Morgan fingerprint density at radius 1 is 0.975 bits per heavy atom. The number of rotatable bonds is 15. The highest BCUT2D eigenvalue weighted by Gasteiger charge is 2.27. The van der Waals surface area contributed by atoms with Gasteiger partial charge in [0.2, 0.25) is 17.7 Å². The Morgan fingerprint density at radius 2 is 1.62 bits per heavy atom. The molecule has 0 spiro atoms. The van der Waals surface area contributed by atoms with E-state index in [1.54, 1.807) is 26.3 Å². The molecule has 0 aromatic heterocycles. The summed E-state index contributed by atoms with van der Waals surface area (Å²) in [5, 5.41) is 8.64. The standard InChI is InChI=1S/C24H40N4O4.C7H7F/c1-6-18(2)23(27-15-19(3)32-5)24(31)28(4)17-22(30)26-16-21(29)25-14-10-13-20-11-8-7-9-12-20;1-6-2-4-7(8)5-3-6/h7-9,11-12,18-19,23,27H,6,10,13-17H2,1-5H3,(H,25,29)(H,26,30);2-5H,1H3/t18?,19-,23?;/m1./s1. The lowest BCUT2D eigenvalue weighted by atomic mass is 9.97. The molecule has 3 N–H and O–H groups in total. The van der Waals surface area contributed by atoms with Gasteiger partial charge in [0.25, 0.3) is 0 Å². The molecule has 40 heavy (non-hydrogen) atoms. The number of carbonyl (C=O) groups excluding carboxylic acids is 3. The van der Waals surface area contributed by atoms with Crippen LogP contribution < -0.4 is 16.0 Å². The maximum absolute atomic E-state index is 12.9. The fourth-order valence-corrected chi connectivity index (χ4v) is 3.67. The largest absolute Gasteiger partial charge is 0.380 e. The van der Waals surface area contributed by atoms with E-state index in [0.29, 0.717) is 13.1 Å². The molecule has 3 amide bonds. The van der Waals surface area contributed by atoms with Crippen LogP contribution in [-0.4, -0.2) is 75.1 Å². The Balaban J connectivity index is 0.000000850. The Labute approximate surface area is 239 Å². The van der Waals surface area contributed by atoms with Gasteiger partial charge in [0, 0.05) is 27.2 Å². The average Bonchev–Trinajstić information content (AvgIpc) is 2.96. The molecule has 0 bridgehead atoms. The second kappa shape index (κ2) is 19.7. The van der Waals surface area contributed by atoms with Gasteiger partial charge >= 0.3 is 0 Å². The van der Waals surface area contributed by atoms with Crippen molar-refractivity contribution in [2.24, 2.45) is 5.92 Å². The number of hydrogen-bond acceptors (Lipinski definition) is 5. The van der Waals surface area contributed by atoms with Crippen molar-refractivity contribution in [1.82, 2.24) is 20.9 Å². The van der Waals surface area contributed by atoms with E-state index in [1.807, 2.05) is 45.9 Å². The van der Waals surface area contributed by atoms with E-state index >= 15 is 0 Å². The topological polar surface area (TPSA) is 99.8 Å². The number of amides is 3. The molecule has 0 saturated heterocycles. The molecule has 2 aromatic rings. The molecule has 222 valence electrons. The summed E-state index contributed by atoms with van der Waals surface area (Å²) in [5.41, 5.74) is 2.32. The fourth-order valence-electron chi connectivity index (χ4n) is 3.67. The fraction of sp³-hybridized carbons (Fsp3) is 0.516. The SMILES string of the molecule is CCC(C)C(NC[C@@H](C)OC)C(=O)N(C)CC(=O)NCC(=O)NCCCc1ccccc1.Cc1ccc(F)cc1. The molecule has 0 aliphatic heterocycles. The predicted molar refractivity (Wildman–Crippen MR) is 157 cm³/mol. The third-order valence-corrected chi connectivity index (χ3v) is 6.53. The molecule has 0 heterocycles. The highest BCUT2D eigenvalue weighted by atomic mass is 19.1. The molecule has 2 aromatic carbocycles. The molecule has 0 aliphatic rings. The number of nitrogens with zero attached hydrogens (tertiary/aromatic N) is 1. The maximum Gasteiger partial charge on any atom is 0.240 e. The number of halogens is 1. The summed E-state index contributed by atoms with van der Waals surface area (Å²) in [6, 6.07) is 16.1. The van der Waals surface area contributed by atoms with Crippen LogP contribution in [0.15, 0.2) is 54.6 Å². The predicted octanol–water partition coefficient (Wildman–Crippen LogP) is 3.48. The van der Waals surface area contributed by atoms with Crippen molar-refractivity contribution in [3.05, 3.63) is 71.5 Å². The van der Waals surface area contributed by atoms with Gasteiger partial charge in [0.1, 0.15) is 5.82 Å². The van der Waals surface area contributed by atoms with Crippen molar-refractivity contribution in [3.8, 4) is 0 Å². The van der Waals surface area contributed by atoms with Crippen molar-refractivity contribution in [1.29, 1.82) is 0 Å². The van der Waals surface area contributed by atoms with Gasteiger partial charge in [0.15, 0.2) is 0 Å². The molecule has 0 radical (unpaired) electrons. The van der Waals surface area contributed by atoms with Gasteiger partial charge in [-0.2, -0.15) is 0 Å². The highest BCUT2D eigenvalue weighted by molar-refractivity contribution is 5.89. The van der Waals surface area contributed by atoms with Crippen LogP contribution in [0.4, 0.5) is 4.39 Å². The zero-order valence-electron chi connectivity index (χ0n) is 24.8. The second-order valence-electron chi connectivity index (χ2n) is 10.0. The minimum atomic E-state index is -0.400. The van der Waals surface area contributed by atoms with E-state index in [-0.39, 0.29) is 48.7 Å². The Kier molecular flexibility index (Phi) is 17.1. The molecule has 0 saturated carbocycles. The van der Waals surface area contributed by atoms with Crippen LogP contribution in [0.1, 0.15) is 44.7 Å². The summed E-state index contributed by atoms with van der Waals surface area (Å²) in [5.74, 6) is -0.820. The van der Waals surface area contributed by atoms with Gasteiger partial charge in [-0.25, -0.2) is 4.39 Å². The van der Waals surface area contributed by atoms with Gasteiger partial charge in [0.05, 0.1) is 25.2 Å². The van der Waals surface area contributed by atoms with Crippen LogP contribution in [0.3, 0.4) is 0 Å². The number of nitrogens with one attached hydrogen (secondary N) is 3. The third-order valence-electron chi connectivity index (χ3n) is 6.53. The van der Waals surface area contributed by atoms with Crippen LogP contribution in [0.25, 0.3) is 0 Å². The van der Waals surface area contributed by atoms with E-state index in [2.05, 4.69) is 28.1 Å². The normalized spacial score (nSPS) is 12.8. The quantitative estimate of drug-likeness (QED) is 0.291. The minimum absolute atomic E-state index is 0.0193. The van der Waals surface area contributed by atoms with E-state index in [9.17, 15) is 18.8 Å². The van der Waals surface area contributed by atoms with Gasteiger partial charge in [-0.3, -0.25) is 14.4 Å². The highest BCUT2D eigenvalue weighted by Crippen LogP contribution is 2.11. The number of likely N-dealkylation sites (N-methyl/N-ethyl adjacent to an activating group) is 1. The first kappa shape index (κ1) is 34.7. The molecular formula is C31H47FN4O4. The van der Waals surface area contributed by atoms with Gasteiger partial charge in [-0.05, 0) is 50.3 Å². The van der Waals surface area contributed by atoms with Crippen LogP contribution in [0, 0.1) is 18.7 Å². The van der Waals surface area contributed by atoms with E-state index in [4.69, 9.17) is 4.74 Å². The number of ether oxygens (including phenoxy) is 1. The van der Waals surface area contributed by atoms with Crippen molar-refractivity contribution < 1.29 is 23.5 Å². The molecule has 9 heteroatoms. The molecular weight excluding hydrogens is 511 g/mol. The minimum Gasteiger partial charge on any atom is -0.380 e. The van der Waals surface area contributed by atoms with Crippen LogP contribution in [0.5, 0.6) is 0 Å². The summed E-state index contributed by atoms with van der Waals surface area (Å²) >= 11 is 0. The first-order valence-electron chi connectivity index (χ1n) is 13.9. The van der Waals surface area contributed by atoms with E-state index in [0.717, 1.165) is 24.8 Å². The summed E-state index contributed by atoms with van der Waals surface area (Å²) < 4.78 is 17.3. The Bertz CT molecular complexity index is 983. The maximum atomic E-state index is 12.9. The van der Waals surface area contributed by atoms with Crippen molar-refractivity contribution in [2.45, 2.75) is 59.1 Å². The van der Waals surface area contributed by atoms with E-state index < -0.39 is 6.04 Å². The third kappa shape index (κ3) is 14.7. The lowest BCUT2D eigenvalue weighted by molar-refractivity contribution is -0.137. The number of hydrogen-bond donors (Lipinski definition) is 3. The first-order valence-corrected chi connectivity index (χ1v) is 13.9. The Hall–Kier alpha value is -3.30. The first-order chi connectivity index (χ1) is 19.1. The lowest BCUT2D eigenvalue weighted by Crippen LogP contribution is -2.52. The monoisotopic (exact) mass is 558 g/mol. The molecule has 2 unspecified atom stereocenters. The molecule has 0 fully saturated rings. The molecule has 8 nitrogen and oxygen atoms in total. The number of aryl methyl sites for hydroxylation is 2. The molecule has 0 aliphatic carbocycles. The second-order valence-corrected chi connectivity index (χ2v) is 10.0. The smallest absolute Gasteiger partial charge is 0.240 e. The zero-order chi connectivity index (χ0) is 29.9. The van der Waals surface area contributed by atoms with Crippen molar-refractivity contribution in [2.75, 3.05) is 40.3 Å². The number of benzene rings is 2. The molecule has 2 rings (SSSR count). The molecule has 3 atom stereocenters. The van der Waals surface area contributed by atoms with Crippen molar-refractivity contribution in [3.63, 3.8) is 0 Å². The Morgan fingerprint density at radius 3 is 2.20 bits per heavy atom.